The molecular weight excluding hydrogens is 340 g/mol. The maximum absolute atomic E-state index is 12.7. The zero-order chi connectivity index (χ0) is 19.4. The van der Waals surface area contributed by atoms with Crippen molar-refractivity contribution in [2.24, 2.45) is 0 Å². The smallest absolute Gasteiger partial charge is 0.272 e. The number of amides is 2. The number of likely N-dealkylation sites (N-methyl/N-ethyl adjacent to an activating group) is 1. The number of rotatable bonds is 4. The summed E-state index contributed by atoms with van der Waals surface area (Å²) in [4.78, 5) is 33.7. The lowest BCUT2D eigenvalue weighted by atomic mass is 10.1. The Bertz CT molecular complexity index is 842. The van der Waals surface area contributed by atoms with Crippen LogP contribution in [0.25, 0.3) is 0 Å². The third kappa shape index (κ3) is 4.52. The van der Waals surface area contributed by atoms with Crippen LogP contribution in [0.1, 0.15) is 38.9 Å². The van der Waals surface area contributed by atoms with Crippen molar-refractivity contribution in [3.05, 3.63) is 58.9 Å². The second-order valence-corrected chi connectivity index (χ2v) is 6.93. The summed E-state index contributed by atoms with van der Waals surface area (Å²) in [6.45, 7) is 10.2. The Balaban J connectivity index is 1.72. The van der Waals surface area contributed by atoms with Gasteiger partial charge in [0.25, 0.3) is 11.8 Å². The highest BCUT2D eigenvalue weighted by Gasteiger charge is 2.23. The fourth-order valence-electron chi connectivity index (χ4n) is 3.18. The molecule has 0 radical (unpaired) electrons. The maximum atomic E-state index is 12.7. The van der Waals surface area contributed by atoms with Gasteiger partial charge < -0.3 is 15.1 Å². The number of anilines is 1. The first kappa shape index (κ1) is 19.0. The van der Waals surface area contributed by atoms with Gasteiger partial charge in [-0.25, -0.2) is 0 Å². The highest BCUT2D eigenvalue weighted by molar-refractivity contribution is 6.06. The first-order chi connectivity index (χ1) is 13.0. The van der Waals surface area contributed by atoms with Gasteiger partial charge >= 0.3 is 0 Å². The molecule has 1 aliphatic rings. The fourth-order valence-corrected chi connectivity index (χ4v) is 3.18. The topological polar surface area (TPSA) is 65.5 Å². The number of pyridine rings is 1. The number of aryl methyl sites for hydroxylation is 2. The summed E-state index contributed by atoms with van der Waals surface area (Å²) < 4.78 is 0. The SMILES string of the molecule is CCN1CCN(C(=O)c2cc(C(=O)Nc3cc(C)ccc3C)ccn2)CC1. The molecule has 0 bridgehead atoms. The number of nitrogens with zero attached hydrogens (tertiary/aromatic N) is 3. The monoisotopic (exact) mass is 366 g/mol. The molecule has 2 amide bonds. The fraction of sp³-hybridized carbons (Fsp3) is 0.381. The number of hydrogen-bond acceptors (Lipinski definition) is 4. The number of aromatic nitrogens is 1. The normalized spacial score (nSPS) is 14.9. The Kier molecular flexibility index (Phi) is 5.86. The van der Waals surface area contributed by atoms with E-state index in [0.717, 1.165) is 36.4 Å². The molecule has 0 atom stereocenters. The summed E-state index contributed by atoms with van der Waals surface area (Å²) in [5.41, 5.74) is 3.59. The molecule has 1 aliphatic heterocycles. The van der Waals surface area contributed by atoms with Gasteiger partial charge in [-0.2, -0.15) is 0 Å². The molecule has 1 saturated heterocycles. The second kappa shape index (κ2) is 8.31. The molecule has 1 N–H and O–H groups in total. The van der Waals surface area contributed by atoms with Crippen LogP contribution in [0.3, 0.4) is 0 Å². The lowest BCUT2D eigenvalue weighted by molar-refractivity contribution is 0.0637. The molecule has 0 saturated carbocycles. The molecular formula is C21H26N4O2. The summed E-state index contributed by atoms with van der Waals surface area (Å²) in [7, 11) is 0. The summed E-state index contributed by atoms with van der Waals surface area (Å²) in [6, 6.07) is 9.13. The third-order valence-electron chi connectivity index (χ3n) is 4.99. The number of nitrogens with one attached hydrogen (secondary N) is 1. The largest absolute Gasteiger partial charge is 0.335 e. The maximum Gasteiger partial charge on any atom is 0.272 e. The Hall–Kier alpha value is -2.73. The van der Waals surface area contributed by atoms with Crippen LogP contribution in [0.5, 0.6) is 0 Å². The average Bonchev–Trinajstić information content (AvgIpc) is 2.70. The van der Waals surface area contributed by atoms with Gasteiger partial charge in [0.1, 0.15) is 5.69 Å². The van der Waals surface area contributed by atoms with Crippen molar-refractivity contribution in [1.82, 2.24) is 14.8 Å². The van der Waals surface area contributed by atoms with Crippen LogP contribution in [-0.2, 0) is 0 Å². The van der Waals surface area contributed by atoms with Crippen LogP contribution in [0.4, 0.5) is 5.69 Å². The zero-order valence-electron chi connectivity index (χ0n) is 16.2. The van der Waals surface area contributed by atoms with Crippen molar-refractivity contribution in [2.45, 2.75) is 20.8 Å². The van der Waals surface area contributed by atoms with E-state index in [1.54, 1.807) is 17.0 Å². The molecule has 1 fully saturated rings. The number of carbonyl (C=O) groups excluding carboxylic acids is 2. The van der Waals surface area contributed by atoms with Gasteiger partial charge in [-0.15, -0.1) is 0 Å². The number of hydrogen-bond donors (Lipinski definition) is 1. The van der Waals surface area contributed by atoms with E-state index in [9.17, 15) is 9.59 Å². The Morgan fingerprint density at radius 1 is 1.07 bits per heavy atom. The summed E-state index contributed by atoms with van der Waals surface area (Å²) in [5.74, 6) is -0.358. The van der Waals surface area contributed by atoms with E-state index in [1.807, 2.05) is 32.0 Å². The van der Waals surface area contributed by atoms with Crippen molar-refractivity contribution in [1.29, 1.82) is 0 Å². The standard InChI is InChI=1S/C21H26N4O2/c1-4-24-9-11-25(12-10-24)21(27)19-14-17(7-8-22-19)20(26)23-18-13-15(2)5-6-16(18)3/h5-8,13-14H,4,9-12H2,1-3H3,(H,23,26). The zero-order valence-corrected chi connectivity index (χ0v) is 16.2. The van der Waals surface area contributed by atoms with Gasteiger partial charge in [-0.05, 0) is 49.7 Å². The van der Waals surface area contributed by atoms with E-state index in [1.165, 1.54) is 6.20 Å². The molecule has 0 aliphatic carbocycles. The van der Waals surface area contributed by atoms with Crippen LogP contribution in [0.2, 0.25) is 0 Å². The van der Waals surface area contributed by atoms with E-state index < -0.39 is 0 Å². The molecule has 6 nitrogen and oxygen atoms in total. The average molecular weight is 366 g/mol. The van der Waals surface area contributed by atoms with Gasteiger partial charge in [-0.3, -0.25) is 14.6 Å². The molecule has 1 aromatic carbocycles. The van der Waals surface area contributed by atoms with E-state index in [2.05, 4.69) is 22.1 Å². The van der Waals surface area contributed by atoms with Crippen LogP contribution < -0.4 is 5.32 Å². The van der Waals surface area contributed by atoms with Crippen molar-refractivity contribution in [2.75, 3.05) is 38.0 Å². The Morgan fingerprint density at radius 2 is 1.81 bits per heavy atom. The minimum atomic E-state index is -0.240. The molecule has 27 heavy (non-hydrogen) atoms. The van der Waals surface area contributed by atoms with E-state index in [4.69, 9.17) is 0 Å². The minimum Gasteiger partial charge on any atom is -0.335 e. The predicted octanol–water partition coefficient (Wildman–Crippen LogP) is 2.73. The Labute approximate surface area is 160 Å². The van der Waals surface area contributed by atoms with E-state index in [-0.39, 0.29) is 11.8 Å². The summed E-state index contributed by atoms with van der Waals surface area (Å²) in [6.07, 6.45) is 1.52. The van der Waals surface area contributed by atoms with E-state index in [0.29, 0.717) is 24.3 Å². The van der Waals surface area contributed by atoms with Crippen LogP contribution >= 0.6 is 0 Å². The molecule has 1 aromatic heterocycles. The summed E-state index contributed by atoms with van der Waals surface area (Å²) >= 11 is 0. The van der Waals surface area contributed by atoms with Gasteiger partial charge in [0.05, 0.1) is 0 Å². The second-order valence-electron chi connectivity index (χ2n) is 6.93. The summed E-state index contributed by atoms with van der Waals surface area (Å²) in [5, 5.41) is 2.93. The first-order valence-electron chi connectivity index (χ1n) is 9.34. The van der Waals surface area contributed by atoms with E-state index >= 15 is 0 Å². The van der Waals surface area contributed by atoms with Crippen LogP contribution in [0, 0.1) is 13.8 Å². The predicted molar refractivity (Wildman–Crippen MR) is 106 cm³/mol. The molecule has 2 heterocycles. The lowest BCUT2D eigenvalue weighted by Gasteiger charge is -2.33. The highest BCUT2D eigenvalue weighted by atomic mass is 16.2. The molecule has 0 unspecified atom stereocenters. The molecule has 2 aromatic rings. The Morgan fingerprint density at radius 3 is 2.52 bits per heavy atom. The number of benzene rings is 1. The molecule has 142 valence electrons. The first-order valence-corrected chi connectivity index (χ1v) is 9.34. The van der Waals surface area contributed by atoms with Crippen LogP contribution in [-0.4, -0.2) is 59.3 Å². The number of piperazine rings is 1. The van der Waals surface area contributed by atoms with Crippen molar-refractivity contribution >= 4 is 17.5 Å². The van der Waals surface area contributed by atoms with Crippen LogP contribution in [0.15, 0.2) is 36.5 Å². The van der Waals surface area contributed by atoms with Gasteiger partial charge in [0.2, 0.25) is 0 Å². The molecule has 6 heteroatoms. The van der Waals surface area contributed by atoms with Crippen molar-refractivity contribution in [3.63, 3.8) is 0 Å². The van der Waals surface area contributed by atoms with Gasteiger partial charge in [0, 0.05) is 43.6 Å². The van der Waals surface area contributed by atoms with Crippen molar-refractivity contribution in [3.8, 4) is 0 Å². The lowest BCUT2D eigenvalue weighted by Crippen LogP contribution is -2.48. The van der Waals surface area contributed by atoms with Gasteiger partial charge in [-0.1, -0.05) is 19.1 Å². The molecule has 0 spiro atoms. The molecule has 3 rings (SSSR count). The highest BCUT2D eigenvalue weighted by Crippen LogP contribution is 2.18. The third-order valence-corrected chi connectivity index (χ3v) is 4.99. The minimum absolute atomic E-state index is 0.118. The number of carbonyl (C=O) groups is 2. The van der Waals surface area contributed by atoms with Gasteiger partial charge in [0.15, 0.2) is 0 Å². The quantitative estimate of drug-likeness (QED) is 0.904. The van der Waals surface area contributed by atoms with Crippen molar-refractivity contribution < 1.29 is 9.59 Å².